The lowest BCUT2D eigenvalue weighted by Gasteiger charge is -2.05. The summed E-state index contributed by atoms with van der Waals surface area (Å²) in [5.41, 5.74) is 2.37. The van der Waals surface area contributed by atoms with E-state index < -0.39 is 0 Å². The fourth-order valence-corrected chi connectivity index (χ4v) is 4.18. The van der Waals surface area contributed by atoms with Crippen LogP contribution >= 0.6 is 23.1 Å². The number of benzene rings is 1. The van der Waals surface area contributed by atoms with Crippen LogP contribution in [0.1, 0.15) is 5.01 Å². The zero-order valence-corrected chi connectivity index (χ0v) is 15.1. The molecule has 0 saturated heterocycles. The van der Waals surface area contributed by atoms with Crippen LogP contribution in [-0.2, 0) is 9.53 Å². The fourth-order valence-electron chi connectivity index (χ4n) is 2.44. The summed E-state index contributed by atoms with van der Waals surface area (Å²) < 4.78 is 16.4. The Morgan fingerprint density at radius 2 is 2.16 bits per heavy atom. The summed E-state index contributed by atoms with van der Waals surface area (Å²) >= 11 is 2.82. The third kappa shape index (κ3) is 3.00. The molecule has 0 saturated carbocycles. The van der Waals surface area contributed by atoms with E-state index in [2.05, 4.69) is 19.9 Å². The molecule has 0 atom stereocenters. The Kier molecular flexibility index (Phi) is 4.18. The zero-order chi connectivity index (χ0) is 17.4. The van der Waals surface area contributed by atoms with Crippen LogP contribution in [0, 0.1) is 6.92 Å². The number of aromatic nitrogens is 3. The number of hydrogen-bond donors (Lipinski definition) is 0. The van der Waals surface area contributed by atoms with E-state index in [1.807, 2.05) is 25.1 Å². The lowest BCUT2D eigenvalue weighted by Crippen LogP contribution is -2.04. The van der Waals surface area contributed by atoms with Crippen LogP contribution in [0.15, 0.2) is 23.2 Å². The van der Waals surface area contributed by atoms with E-state index in [1.54, 1.807) is 11.3 Å². The third-order valence-corrected chi connectivity index (χ3v) is 5.50. The van der Waals surface area contributed by atoms with Crippen LogP contribution in [0.5, 0.6) is 11.5 Å². The Hall–Kier alpha value is -2.39. The summed E-state index contributed by atoms with van der Waals surface area (Å²) in [6.45, 7) is 2.16. The zero-order valence-electron chi connectivity index (χ0n) is 13.4. The number of carbonyl (C=O) groups excluding carboxylic acids is 1. The molecule has 3 heterocycles. The van der Waals surface area contributed by atoms with Gasteiger partial charge >= 0.3 is 5.97 Å². The number of thiazole rings is 1. The summed E-state index contributed by atoms with van der Waals surface area (Å²) in [6, 6.07) is 5.67. The summed E-state index contributed by atoms with van der Waals surface area (Å²) in [7, 11) is 1.36. The standard InChI is InChI=1S/C16H13N3O4S2/c1-8-17-14-15(25-8)13(18-19-16(14)24-6-12(20)21-2)9-3-4-10-11(5-9)23-7-22-10/h3-5H,6-7H2,1-2H3. The maximum absolute atomic E-state index is 11.4. The molecule has 0 N–H and O–H groups in total. The van der Waals surface area contributed by atoms with Crippen molar-refractivity contribution in [2.75, 3.05) is 19.7 Å². The van der Waals surface area contributed by atoms with Crippen LogP contribution in [0.25, 0.3) is 21.5 Å². The monoisotopic (exact) mass is 375 g/mol. The number of thioether (sulfide) groups is 1. The summed E-state index contributed by atoms with van der Waals surface area (Å²) in [6.07, 6.45) is 0. The molecule has 2 aromatic heterocycles. The van der Waals surface area contributed by atoms with E-state index >= 15 is 0 Å². The highest BCUT2D eigenvalue weighted by atomic mass is 32.2. The molecular formula is C16H13N3O4S2. The van der Waals surface area contributed by atoms with Gasteiger partial charge in [0.2, 0.25) is 6.79 Å². The van der Waals surface area contributed by atoms with E-state index in [0.717, 1.165) is 32.2 Å². The number of nitrogens with zero attached hydrogens (tertiary/aromatic N) is 3. The van der Waals surface area contributed by atoms with E-state index in [1.165, 1.54) is 18.9 Å². The SMILES string of the molecule is COC(=O)CSc1nnc(-c2ccc3c(c2)OCO3)c2sc(C)nc12. The van der Waals surface area contributed by atoms with Crippen LogP contribution in [-0.4, -0.2) is 40.8 Å². The first-order chi connectivity index (χ1) is 12.2. The van der Waals surface area contributed by atoms with Crippen LogP contribution in [0.4, 0.5) is 0 Å². The number of methoxy groups -OCH3 is 1. The Morgan fingerprint density at radius 1 is 1.32 bits per heavy atom. The number of ether oxygens (including phenoxy) is 3. The van der Waals surface area contributed by atoms with Gasteiger partial charge in [0.15, 0.2) is 11.5 Å². The molecule has 0 spiro atoms. The van der Waals surface area contributed by atoms with E-state index in [0.29, 0.717) is 10.8 Å². The highest BCUT2D eigenvalue weighted by Crippen LogP contribution is 2.39. The molecule has 7 nitrogen and oxygen atoms in total. The quantitative estimate of drug-likeness (QED) is 0.508. The number of rotatable bonds is 4. The molecule has 128 valence electrons. The molecule has 25 heavy (non-hydrogen) atoms. The third-order valence-electron chi connectivity index (χ3n) is 3.59. The molecule has 0 radical (unpaired) electrons. The maximum Gasteiger partial charge on any atom is 0.316 e. The minimum Gasteiger partial charge on any atom is -0.468 e. The smallest absolute Gasteiger partial charge is 0.316 e. The molecule has 1 aromatic carbocycles. The van der Waals surface area contributed by atoms with Crippen molar-refractivity contribution >= 4 is 39.3 Å². The Balaban J connectivity index is 1.77. The lowest BCUT2D eigenvalue weighted by molar-refractivity contribution is -0.137. The normalized spacial score (nSPS) is 12.6. The maximum atomic E-state index is 11.4. The molecule has 0 amide bonds. The summed E-state index contributed by atoms with van der Waals surface area (Å²) in [5.74, 6) is 1.27. The number of carbonyl (C=O) groups is 1. The minimum absolute atomic E-state index is 0.167. The van der Waals surface area contributed by atoms with Gasteiger partial charge in [-0.3, -0.25) is 4.79 Å². The van der Waals surface area contributed by atoms with Crippen molar-refractivity contribution in [3.8, 4) is 22.8 Å². The molecule has 9 heteroatoms. The molecule has 0 aliphatic carbocycles. The van der Waals surface area contributed by atoms with E-state index in [4.69, 9.17) is 9.47 Å². The number of esters is 1. The van der Waals surface area contributed by atoms with Crippen molar-refractivity contribution in [3.63, 3.8) is 0 Å². The number of aryl methyl sites for hydroxylation is 1. The van der Waals surface area contributed by atoms with Gasteiger partial charge in [-0.15, -0.1) is 21.5 Å². The Morgan fingerprint density at radius 3 is 3.00 bits per heavy atom. The average molecular weight is 375 g/mol. The van der Waals surface area contributed by atoms with Crippen LogP contribution in [0.3, 0.4) is 0 Å². The average Bonchev–Trinajstić information content (AvgIpc) is 3.24. The van der Waals surface area contributed by atoms with Crippen molar-refractivity contribution in [2.45, 2.75) is 11.9 Å². The fraction of sp³-hybridized carbons (Fsp3) is 0.250. The Labute approximate surface area is 151 Å². The molecule has 4 rings (SSSR count). The molecule has 0 bridgehead atoms. The minimum atomic E-state index is -0.313. The van der Waals surface area contributed by atoms with Gasteiger partial charge in [0.1, 0.15) is 16.2 Å². The highest BCUT2D eigenvalue weighted by Gasteiger charge is 2.19. The first-order valence-corrected chi connectivity index (χ1v) is 9.19. The second kappa shape index (κ2) is 6.49. The van der Waals surface area contributed by atoms with Crippen molar-refractivity contribution < 1.29 is 19.0 Å². The summed E-state index contributed by atoms with van der Waals surface area (Å²) in [5, 5.41) is 10.2. The molecule has 0 unspecified atom stereocenters. The van der Waals surface area contributed by atoms with Crippen LogP contribution in [0.2, 0.25) is 0 Å². The van der Waals surface area contributed by atoms with Gasteiger partial charge in [0, 0.05) is 5.56 Å². The summed E-state index contributed by atoms with van der Waals surface area (Å²) in [4.78, 5) is 16.0. The van der Waals surface area contributed by atoms with Crippen LogP contribution < -0.4 is 9.47 Å². The second-order valence-corrected chi connectivity index (χ2v) is 7.36. The first kappa shape index (κ1) is 16.1. The van der Waals surface area contributed by atoms with Gasteiger partial charge in [-0.1, -0.05) is 11.8 Å². The van der Waals surface area contributed by atoms with Gasteiger partial charge in [0.25, 0.3) is 0 Å². The largest absolute Gasteiger partial charge is 0.468 e. The molecule has 1 aliphatic rings. The molecule has 3 aromatic rings. The number of hydrogen-bond acceptors (Lipinski definition) is 9. The Bertz CT molecular complexity index is 973. The van der Waals surface area contributed by atoms with Gasteiger partial charge in [-0.2, -0.15) is 0 Å². The van der Waals surface area contributed by atoms with Gasteiger partial charge in [0.05, 0.1) is 22.6 Å². The lowest BCUT2D eigenvalue weighted by atomic mass is 10.1. The second-order valence-electron chi connectivity index (χ2n) is 5.20. The van der Waals surface area contributed by atoms with Crippen molar-refractivity contribution in [1.82, 2.24) is 15.2 Å². The molecule has 0 fully saturated rings. The first-order valence-electron chi connectivity index (χ1n) is 7.39. The van der Waals surface area contributed by atoms with E-state index in [9.17, 15) is 4.79 Å². The molecule has 1 aliphatic heterocycles. The number of fused-ring (bicyclic) bond motifs is 2. The van der Waals surface area contributed by atoms with Crippen molar-refractivity contribution in [1.29, 1.82) is 0 Å². The molecular weight excluding hydrogens is 362 g/mol. The predicted molar refractivity (Wildman–Crippen MR) is 94.2 cm³/mol. The van der Waals surface area contributed by atoms with Gasteiger partial charge in [-0.25, -0.2) is 4.98 Å². The van der Waals surface area contributed by atoms with E-state index in [-0.39, 0.29) is 18.5 Å². The predicted octanol–water partition coefficient (Wildman–Crippen LogP) is 3.06. The van der Waals surface area contributed by atoms with Crippen molar-refractivity contribution in [2.24, 2.45) is 0 Å². The topological polar surface area (TPSA) is 83.4 Å². The highest BCUT2D eigenvalue weighted by molar-refractivity contribution is 8.00. The van der Waals surface area contributed by atoms with Gasteiger partial charge in [-0.05, 0) is 25.1 Å². The van der Waals surface area contributed by atoms with Crippen molar-refractivity contribution in [3.05, 3.63) is 23.2 Å². The van der Waals surface area contributed by atoms with Gasteiger partial charge < -0.3 is 14.2 Å².